The Hall–Kier alpha value is -2.94. The number of carbonyl (C=O) groups is 3. The number of hydrogen-bond acceptors (Lipinski definition) is 6. The van der Waals surface area contributed by atoms with Gasteiger partial charge in [0.1, 0.15) is 11.0 Å². The van der Waals surface area contributed by atoms with Gasteiger partial charge in [0.25, 0.3) is 0 Å². The first-order valence-corrected chi connectivity index (χ1v) is 16.4. The first-order chi connectivity index (χ1) is 20.0. The summed E-state index contributed by atoms with van der Waals surface area (Å²) in [5.41, 5.74) is 1.35. The van der Waals surface area contributed by atoms with E-state index < -0.39 is 5.97 Å². The van der Waals surface area contributed by atoms with Gasteiger partial charge < -0.3 is 19.6 Å². The van der Waals surface area contributed by atoms with Gasteiger partial charge in [0.05, 0.1) is 5.69 Å². The van der Waals surface area contributed by atoms with Gasteiger partial charge in [0.2, 0.25) is 17.7 Å². The van der Waals surface area contributed by atoms with E-state index in [2.05, 4.69) is 32.7 Å². The SMILES string of the molecule is CC1CCC(C(=O)N(c2cc(C(C)(C)C)sc2C(=O)O)[C@H]2CC[C@H](Oc3ccc(CN4CCCC4=O)cn3)CC2)CC1. The van der Waals surface area contributed by atoms with Gasteiger partial charge in [-0.3, -0.25) is 9.59 Å². The second-order valence-corrected chi connectivity index (χ2v) is 14.6. The molecule has 0 radical (unpaired) electrons. The molecule has 1 aliphatic heterocycles. The molecule has 2 saturated carbocycles. The predicted molar refractivity (Wildman–Crippen MR) is 164 cm³/mol. The van der Waals surface area contributed by atoms with Crippen molar-refractivity contribution in [2.75, 3.05) is 11.4 Å². The number of likely N-dealkylation sites (tertiary alicyclic amines) is 1. The molecule has 2 amide bonds. The van der Waals surface area contributed by atoms with Gasteiger partial charge in [0.15, 0.2) is 0 Å². The Morgan fingerprint density at radius 1 is 1.10 bits per heavy atom. The van der Waals surface area contributed by atoms with Gasteiger partial charge >= 0.3 is 5.97 Å². The summed E-state index contributed by atoms with van der Waals surface area (Å²) in [6.07, 6.45) is 10.1. The first-order valence-electron chi connectivity index (χ1n) is 15.6. The second kappa shape index (κ2) is 12.7. The number of nitrogens with zero attached hydrogens (tertiary/aromatic N) is 3. The van der Waals surface area contributed by atoms with Crippen molar-refractivity contribution in [1.82, 2.24) is 9.88 Å². The van der Waals surface area contributed by atoms with Crippen LogP contribution in [0, 0.1) is 11.8 Å². The van der Waals surface area contributed by atoms with E-state index in [0.29, 0.717) is 30.5 Å². The molecule has 3 fully saturated rings. The number of aromatic nitrogens is 1. The Balaban J connectivity index is 1.29. The maximum absolute atomic E-state index is 14.2. The zero-order valence-electron chi connectivity index (χ0n) is 25.4. The van der Waals surface area contributed by atoms with Crippen LogP contribution < -0.4 is 9.64 Å². The van der Waals surface area contributed by atoms with Gasteiger partial charge in [-0.15, -0.1) is 11.3 Å². The molecule has 1 N–H and O–H groups in total. The molecule has 0 spiro atoms. The van der Waals surface area contributed by atoms with E-state index in [1.807, 2.05) is 28.0 Å². The van der Waals surface area contributed by atoms with Crippen LogP contribution in [0.4, 0.5) is 5.69 Å². The first kappa shape index (κ1) is 30.5. The van der Waals surface area contributed by atoms with Crippen LogP contribution in [0.2, 0.25) is 0 Å². The highest BCUT2D eigenvalue weighted by molar-refractivity contribution is 7.14. The molecule has 9 heteroatoms. The summed E-state index contributed by atoms with van der Waals surface area (Å²) in [6, 6.07) is 5.74. The number of carboxylic acids is 1. The van der Waals surface area contributed by atoms with Crippen molar-refractivity contribution >= 4 is 34.8 Å². The summed E-state index contributed by atoms with van der Waals surface area (Å²) < 4.78 is 6.25. The van der Waals surface area contributed by atoms with Crippen LogP contribution in [0.1, 0.15) is 112 Å². The van der Waals surface area contributed by atoms with Crippen LogP contribution in [0.25, 0.3) is 0 Å². The number of carbonyl (C=O) groups excluding carboxylic acids is 2. The quantitative estimate of drug-likeness (QED) is 0.360. The minimum absolute atomic E-state index is 0.0150. The lowest BCUT2D eigenvalue weighted by Gasteiger charge is -2.39. The van der Waals surface area contributed by atoms with E-state index in [1.165, 1.54) is 11.3 Å². The maximum Gasteiger partial charge on any atom is 0.348 e. The second-order valence-electron chi connectivity index (χ2n) is 13.5. The fraction of sp³-hybridized carbons (Fsp3) is 0.636. The summed E-state index contributed by atoms with van der Waals surface area (Å²) in [7, 11) is 0. The highest BCUT2D eigenvalue weighted by Crippen LogP contribution is 2.42. The predicted octanol–water partition coefficient (Wildman–Crippen LogP) is 6.81. The van der Waals surface area contributed by atoms with Crippen molar-refractivity contribution < 1.29 is 24.2 Å². The Kier molecular flexibility index (Phi) is 9.26. The third-order valence-electron chi connectivity index (χ3n) is 9.15. The van der Waals surface area contributed by atoms with Gasteiger partial charge in [-0.25, -0.2) is 9.78 Å². The fourth-order valence-corrected chi connectivity index (χ4v) is 7.59. The molecule has 2 aromatic rings. The summed E-state index contributed by atoms with van der Waals surface area (Å²) in [4.78, 5) is 48.0. The number of hydrogen-bond donors (Lipinski definition) is 1. The Morgan fingerprint density at radius 3 is 2.38 bits per heavy atom. The Labute approximate surface area is 253 Å². The minimum Gasteiger partial charge on any atom is -0.477 e. The van der Waals surface area contributed by atoms with E-state index >= 15 is 0 Å². The Bertz CT molecular complexity index is 1270. The lowest BCUT2D eigenvalue weighted by Crippen LogP contribution is -2.47. The van der Waals surface area contributed by atoms with Crippen molar-refractivity contribution in [1.29, 1.82) is 0 Å². The molecular weight excluding hydrogens is 550 g/mol. The van der Waals surface area contributed by atoms with E-state index in [0.717, 1.165) is 74.8 Å². The van der Waals surface area contributed by atoms with Gasteiger partial charge in [0, 0.05) is 48.6 Å². The lowest BCUT2D eigenvalue weighted by atomic mass is 9.81. The van der Waals surface area contributed by atoms with Crippen LogP contribution >= 0.6 is 11.3 Å². The van der Waals surface area contributed by atoms with Crippen molar-refractivity contribution in [2.24, 2.45) is 11.8 Å². The molecule has 0 atom stereocenters. The smallest absolute Gasteiger partial charge is 0.348 e. The lowest BCUT2D eigenvalue weighted by molar-refractivity contribution is -0.128. The highest BCUT2D eigenvalue weighted by atomic mass is 32.1. The number of ether oxygens (including phenoxy) is 1. The summed E-state index contributed by atoms with van der Waals surface area (Å²) >= 11 is 1.30. The minimum atomic E-state index is -0.971. The molecule has 1 saturated heterocycles. The number of pyridine rings is 1. The number of thiophene rings is 1. The summed E-state index contributed by atoms with van der Waals surface area (Å²) in [6.45, 7) is 9.87. The molecule has 3 heterocycles. The summed E-state index contributed by atoms with van der Waals surface area (Å²) in [5, 5.41) is 10.2. The highest BCUT2D eigenvalue weighted by Gasteiger charge is 2.38. The van der Waals surface area contributed by atoms with E-state index in [1.54, 1.807) is 6.20 Å². The average Bonchev–Trinajstić information content (AvgIpc) is 3.58. The van der Waals surface area contributed by atoms with Crippen LogP contribution in [0.15, 0.2) is 24.4 Å². The van der Waals surface area contributed by atoms with E-state index in [-0.39, 0.29) is 40.2 Å². The molecule has 0 aromatic carbocycles. The zero-order chi connectivity index (χ0) is 30.0. The molecule has 8 nitrogen and oxygen atoms in total. The number of amides is 2. The van der Waals surface area contributed by atoms with Gasteiger partial charge in [-0.05, 0) is 80.8 Å². The molecule has 228 valence electrons. The molecule has 3 aliphatic rings. The largest absolute Gasteiger partial charge is 0.477 e. The average molecular weight is 596 g/mol. The van der Waals surface area contributed by atoms with Crippen molar-refractivity contribution in [3.05, 3.63) is 39.7 Å². The monoisotopic (exact) mass is 595 g/mol. The molecule has 2 aliphatic carbocycles. The topological polar surface area (TPSA) is 100 Å². The number of carboxylic acid groups (broad SMARTS) is 1. The third kappa shape index (κ3) is 6.99. The van der Waals surface area contributed by atoms with Gasteiger partial charge in [-0.2, -0.15) is 0 Å². The summed E-state index contributed by atoms with van der Waals surface area (Å²) in [5.74, 6) is 0.448. The van der Waals surface area contributed by atoms with Crippen molar-refractivity contribution in [3.8, 4) is 5.88 Å². The molecular formula is C33H45N3O5S. The van der Waals surface area contributed by atoms with Crippen LogP contribution in [0.5, 0.6) is 5.88 Å². The molecule has 42 heavy (non-hydrogen) atoms. The van der Waals surface area contributed by atoms with E-state index in [4.69, 9.17) is 4.74 Å². The number of anilines is 1. The maximum atomic E-state index is 14.2. The molecule has 0 bridgehead atoms. The normalized spacial score (nSPS) is 25.0. The van der Waals surface area contributed by atoms with Crippen molar-refractivity contribution in [3.63, 3.8) is 0 Å². The molecule has 5 rings (SSSR count). The van der Waals surface area contributed by atoms with Crippen LogP contribution in [0.3, 0.4) is 0 Å². The molecule has 0 unspecified atom stereocenters. The molecule has 2 aromatic heterocycles. The third-order valence-corrected chi connectivity index (χ3v) is 10.7. The fourth-order valence-electron chi connectivity index (χ4n) is 6.54. The van der Waals surface area contributed by atoms with Crippen molar-refractivity contribution in [2.45, 2.75) is 116 Å². The number of aromatic carboxylic acids is 1. The van der Waals surface area contributed by atoms with Crippen LogP contribution in [-0.4, -0.2) is 51.5 Å². The van der Waals surface area contributed by atoms with Crippen LogP contribution in [-0.2, 0) is 21.5 Å². The zero-order valence-corrected chi connectivity index (χ0v) is 26.3. The standard InChI is InChI=1S/C33H45N3O5S/c1-21-7-10-23(11-8-21)31(38)36(26-18-27(33(2,3)4)42-30(26)32(39)40)24-12-14-25(15-13-24)41-28-16-9-22(19-34-28)20-35-17-5-6-29(35)37/h9,16,18-19,21,23-25H,5-8,10-15,17,20H2,1-4H3,(H,39,40)/t21?,23?,24-,25-. The van der Waals surface area contributed by atoms with E-state index in [9.17, 15) is 19.5 Å². The van der Waals surface area contributed by atoms with Gasteiger partial charge in [-0.1, -0.05) is 33.8 Å². The Morgan fingerprint density at radius 2 is 1.81 bits per heavy atom. The number of rotatable bonds is 8.